The summed E-state index contributed by atoms with van der Waals surface area (Å²) in [4.78, 5) is 14.7. The smallest absolute Gasteiger partial charge is 0.254 e. The summed E-state index contributed by atoms with van der Waals surface area (Å²) in [7, 11) is 3.16. The van der Waals surface area contributed by atoms with Crippen LogP contribution in [-0.4, -0.2) is 37.1 Å². The Labute approximate surface area is 128 Å². The Balaban J connectivity index is 2.38. The maximum absolute atomic E-state index is 12.7. The van der Waals surface area contributed by atoms with E-state index < -0.39 is 0 Å². The second-order valence-electron chi connectivity index (χ2n) is 5.23. The van der Waals surface area contributed by atoms with Gasteiger partial charge in [0, 0.05) is 17.6 Å². The highest BCUT2D eigenvalue weighted by atomic mass is 79.9. The average molecular weight is 342 g/mol. The highest BCUT2D eigenvalue weighted by Crippen LogP contribution is 2.37. The molecule has 0 aromatic heterocycles. The second-order valence-corrected chi connectivity index (χ2v) is 6.03. The number of methoxy groups -OCH3 is 2. The summed E-state index contributed by atoms with van der Waals surface area (Å²) in [6.45, 7) is 4.09. The van der Waals surface area contributed by atoms with Crippen LogP contribution >= 0.6 is 15.9 Å². The maximum Gasteiger partial charge on any atom is 0.254 e. The number of halogens is 1. The van der Waals surface area contributed by atoms with E-state index >= 15 is 0 Å². The summed E-state index contributed by atoms with van der Waals surface area (Å²) in [6.07, 6.45) is 2.18. The molecule has 0 heterocycles. The SMILES string of the molecule is COc1cc(C(=O)N(C(C)C)C2CC2)cc(OC)c1Br. The molecule has 4 nitrogen and oxygen atoms in total. The molecule has 1 aliphatic rings. The molecule has 2 rings (SSSR count). The van der Waals surface area contributed by atoms with E-state index in [2.05, 4.69) is 15.9 Å². The molecule has 1 amide bonds. The summed E-state index contributed by atoms with van der Waals surface area (Å²) < 4.78 is 11.3. The largest absolute Gasteiger partial charge is 0.495 e. The molecule has 5 heteroatoms. The normalized spacial score (nSPS) is 14.3. The summed E-state index contributed by atoms with van der Waals surface area (Å²) >= 11 is 3.42. The first-order valence-corrected chi connectivity index (χ1v) is 7.53. The van der Waals surface area contributed by atoms with Gasteiger partial charge in [-0.2, -0.15) is 0 Å². The molecular weight excluding hydrogens is 322 g/mol. The Kier molecular flexibility index (Phi) is 4.58. The molecule has 110 valence electrons. The molecule has 1 fully saturated rings. The van der Waals surface area contributed by atoms with E-state index in [9.17, 15) is 4.79 Å². The molecule has 0 saturated heterocycles. The van der Waals surface area contributed by atoms with E-state index in [4.69, 9.17) is 9.47 Å². The molecule has 0 aliphatic heterocycles. The first kappa shape index (κ1) is 15.2. The fraction of sp³-hybridized carbons (Fsp3) is 0.533. The molecule has 20 heavy (non-hydrogen) atoms. The van der Waals surface area contributed by atoms with E-state index in [0.717, 1.165) is 17.3 Å². The summed E-state index contributed by atoms with van der Waals surface area (Å²) in [5.74, 6) is 1.24. The van der Waals surface area contributed by atoms with Gasteiger partial charge in [0.1, 0.15) is 16.0 Å². The number of ether oxygens (including phenoxy) is 2. The maximum atomic E-state index is 12.7. The van der Waals surface area contributed by atoms with Crippen LogP contribution in [0.25, 0.3) is 0 Å². The number of hydrogen-bond acceptors (Lipinski definition) is 3. The van der Waals surface area contributed by atoms with Gasteiger partial charge in [0.25, 0.3) is 5.91 Å². The molecule has 0 atom stereocenters. The van der Waals surface area contributed by atoms with Crippen molar-refractivity contribution in [2.75, 3.05) is 14.2 Å². The van der Waals surface area contributed by atoms with E-state index in [1.54, 1.807) is 26.4 Å². The molecule has 1 aliphatic carbocycles. The molecule has 1 aromatic rings. The predicted octanol–water partition coefficient (Wildman–Crippen LogP) is 3.48. The Morgan fingerprint density at radius 2 is 1.75 bits per heavy atom. The third kappa shape index (κ3) is 2.92. The van der Waals surface area contributed by atoms with Crippen molar-refractivity contribution in [2.45, 2.75) is 38.8 Å². The Morgan fingerprint density at radius 3 is 2.10 bits per heavy atom. The molecular formula is C15H20BrNO3. The highest BCUT2D eigenvalue weighted by Gasteiger charge is 2.35. The van der Waals surface area contributed by atoms with Crippen LogP contribution in [0.5, 0.6) is 11.5 Å². The van der Waals surface area contributed by atoms with E-state index in [-0.39, 0.29) is 11.9 Å². The van der Waals surface area contributed by atoms with Crippen molar-refractivity contribution in [1.29, 1.82) is 0 Å². The molecule has 0 radical (unpaired) electrons. The van der Waals surface area contributed by atoms with Gasteiger partial charge in [-0.05, 0) is 54.8 Å². The van der Waals surface area contributed by atoms with Crippen LogP contribution in [0, 0.1) is 0 Å². The Bertz CT molecular complexity index is 485. The lowest BCUT2D eigenvalue weighted by atomic mass is 10.1. The van der Waals surface area contributed by atoms with Crippen molar-refractivity contribution in [2.24, 2.45) is 0 Å². The predicted molar refractivity (Wildman–Crippen MR) is 81.6 cm³/mol. The van der Waals surface area contributed by atoms with Gasteiger partial charge in [-0.3, -0.25) is 4.79 Å². The number of hydrogen-bond donors (Lipinski definition) is 0. The quantitative estimate of drug-likeness (QED) is 0.822. The van der Waals surface area contributed by atoms with Gasteiger partial charge >= 0.3 is 0 Å². The van der Waals surface area contributed by atoms with Crippen molar-refractivity contribution in [3.63, 3.8) is 0 Å². The van der Waals surface area contributed by atoms with Crippen LogP contribution in [0.2, 0.25) is 0 Å². The first-order chi connectivity index (χ1) is 9.49. The number of benzene rings is 1. The zero-order valence-electron chi connectivity index (χ0n) is 12.3. The summed E-state index contributed by atoms with van der Waals surface area (Å²) in [6, 6.07) is 4.08. The standard InChI is InChI=1S/C15H20BrNO3/c1-9(2)17(11-5-6-11)15(18)10-7-12(19-3)14(16)13(8-10)20-4/h7-9,11H,5-6H2,1-4H3. The van der Waals surface area contributed by atoms with Gasteiger partial charge in [0.15, 0.2) is 0 Å². The highest BCUT2D eigenvalue weighted by molar-refractivity contribution is 9.10. The minimum Gasteiger partial charge on any atom is -0.495 e. The van der Waals surface area contributed by atoms with Gasteiger partial charge in [0.05, 0.1) is 14.2 Å². The molecule has 0 spiro atoms. The molecule has 1 saturated carbocycles. The van der Waals surface area contributed by atoms with Crippen molar-refractivity contribution in [3.8, 4) is 11.5 Å². The number of amides is 1. The second kappa shape index (κ2) is 6.04. The topological polar surface area (TPSA) is 38.8 Å². The number of carbonyl (C=O) groups is 1. The van der Waals surface area contributed by atoms with E-state index in [1.165, 1.54) is 0 Å². The third-order valence-electron chi connectivity index (χ3n) is 3.42. The van der Waals surface area contributed by atoms with Crippen molar-refractivity contribution < 1.29 is 14.3 Å². The zero-order valence-corrected chi connectivity index (χ0v) is 13.9. The lowest BCUT2D eigenvalue weighted by Gasteiger charge is -2.27. The van der Waals surface area contributed by atoms with Gasteiger partial charge < -0.3 is 14.4 Å². The van der Waals surface area contributed by atoms with Crippen molar-refractivity contribution in [3.05, 3.63) is 22.2 Å². The van der Waals surface area contributed by atoms with Crippen LogP contribution < -0.4 is 9.47 Å². The van der Waals surface area contributed by atoms with Crippen LogP contribution in [0.4, 0.5) is 0 Å². The number of rotatable bonds is 5. The Morgan fingerprint density at radius 1 is 1.25 bits per heavy atom. The summed E-state index contributed by atoms with van der Waals surface area (Å²) in [5.41, 5.74) is 0.600. The average Bonchev–Trinajstić information content (AvgIpc) is 3.23. The van der Waals surface area contributed by atoms with E-state index in [1.807, 2.05) is 18.7 Å². The van der Waals surface area contributed by atoms with Crippen molar-refractivity contribution in [1.82, 2.24) is 4.90 Å². The van der Waals surface area contributed by atoms with E-state index in [0.29, 0.717) is 23.1 Å². The monoisotopic (exact) mass is 341 g/mol. The van der Waals surface area contributed by atoms with Gasteiger partial charge in [-0.1, -0.05) is 0 Å². The molecule has 0 N–H and O–H groups in total. The fourth-order valence-electron chi connectivity index (χ4n) is 2.32. The molecule has 1 aromatic carbocycles. The lowest BCUT2D eigenvalue weighted by Crippen LogP contribution is -2.38. The first-order valence-electron chi connectivity index (χ1n) is 6.73. The summed E-state index contributed by atoms with van der Waals surface area (Å²) in [5, 5.41) is 0. The van der Waals surface area contributed by atoms with Gasteiger partial charge in [0.2, 0.25) is 0 Å². The fourth-order valence-corrected chi connectivity index (χ4v) is 2.87. The number of carbonyl (C=O) groups excluding carboxylic acids is 1. The Hall–Kier alpha value is -1.23. The van der Waals surface area contributed by atoms with Gasteiger partial charge in [-0.25, -0.2) is 0 Å². The minimum absolute atomic E-state index is 0.0339. The minimum atomic E-state index is 0.0339. The van der Waals surface area contributed by atoms with Crippen LogP contribution in [0.3, 0.4) is 0 Å². The zero-order chi connectivity index (χ0) is 14.9. The van der Waals surface area contributed by atoms with Crippen LogP contribution in [-0.2, 0) is 0 Å². The molecule has 0 unspecified atom stereocenters. The molecule has 0 bridgehead atoms. The van der Waals surface area contributed by atoms with Crippen LogP contribution in [0.15, 0.2) is 16.6 Å². The van der Waals surface area contributed by atoms with Crippen LogP contribution in [0.1, 0.15) is 37.0 Å². The van der Waals surface area contributed by atoms with Gasteiger partial charge in [-0.15, -0.1) is 0 Å². The van der Waals surface area contributed by atoms with Crippen molar-refractivity contribution >= 4 is 21.8 Å². The third-order valence-corrected chi connectivity index (χ3v) is 4.21. The number of nitrogens with zero attached hydrogens (tertiary/aromatic N) is 1. The lowest BCUT2D eigenvalue weighted by molar-refractivity contribution is 0.0689.